The minimum atomic E-state index is -0.572. The van der Waals surface area contributed by atoms with E-state index in [-0.39, 0.29) is 17.6 Å². The van der Waals surface area contributed by atoms with Crippen LogP contribution in [0.15, 0.2) is 24.3 Å². The number of alkyl carbamates (subject to hydrolysis) is 1. The van der Waals surface area contributed by atoms with Crippen LogP contribution < -0.4 is 10.1 Å². The zero-order chi connectivity index (χ0) is 23.9. The molecule has 0 bridgehead atoms. The topological polar surface area (TPSA) is 73.9 Å². The van der Waals surface area contributed by atoms with Gasteiger partial charge in [-0.1, -0.05) is 12.1 Å². The molecule has 0 spiro atoms. The van der Waals surface area contributed by atoms with Gasteiger partial charge in [0.25, 0.3) is 0 Å². The summed E-state index contributed by atoms with van der Waals surface area (Å²) in [4.78, 5) is 24.3. The molecule has 6 heteroatoms. The zero-order valence-corrected chi connectivity index (χ0v) is 20.8. The number of carbonyl (C=O) groups excluding carboxylic acids is 2. The van der Waals surface area contributed by atoms with Crippen molar-refractivity contribution < 1.29 is 23.8 Å². The summed E-state index contributed by atoms with van der Waals surface area (Å²) in [7, 11) is 0. The molecule has 0 heterocycles. The second kappa shape index (κ2) is 10.9. The Kier molecular flexibility index (Phi) is 9.40. The highest BCUT2D eigenvalue weighted by Gasteiger charge is 2.21. The van der Waals surface area contributed by atoms with E-state index < -0.39 is 17.3 Å². The van der Waals surface area contributed by atoms with Gasteiger partial charge in [0.15, 0.2) is 0 Å². The van der Waals surface area contributed by atoms with Crippen LogP contribution in [-0.2, 0) is 20.7 Å². The Bertz CT molecular complexity index is 705. The molecule has 1 atom stereocenters. The van der Waals surface area contributed by atoms with Crippen LogP contribution in [0.4, 0.5) is 4.79 Å². The maximum Gasteiger partial charge on any atom is 0.407 e. The van der Waals surface area contributed by atoms with Gasteiger partial charge < -0.3 is 19.5 Å². The summed E-state index contributed by atoms with van der Waals surface area (Å²) >= 11 is 0. The van der Waals surface area contributed by atoms with E-state index in [4.69, 9.17) is 14.2 Å². The van der Waals surface area contributed by atoms with Crippen LogP contribution in [0, 0.1) is 0 Å². The monoisotopic (exact) mass is 435 g/mol. The Labute approximate surface area is 188 Å². The van der Waals surface area contributed by atoms with Crippen LogP contribution in [0.5, 0.6) is 5.75 Å². The van der Waals surface area contributed by atoms with Crippen LogP contribution in [-0.4, -0.2) is 34.9 Å². The molecule has 0 aliphatic rings. The number of nitrogens with one attached hydrogen (secondary N) is 1. The summed E-state index contributed by atoms with van der Waals surface area (Å²) < 4.78 is 16.7. The van der Waals surface area contributed by atoms with Gasteiger partial charge in [0.1, 0.15) is 22.6 Å². The summed E-state index contributed by atoms with van der Waals surface area (Å²) in [5.41, 5.74) is -0.261. The molecular formula is C25H41NO5. The molecular weight excluding hydrogens is 394 g/mol. The lowest BCUT2D eigenvalue weighted by Gasteiger charge is -2.24. The van der Waals surface area contributed by atoms with Gasteiger partial charge in [-0.2, -0.15) is 0 Å². The third-order valence-electron chi connectivity index (χ3n) is 3.90. The Balaban J connectivity index is 2.75. The summed E-state index contributed by atoms with van der Waals surface area (Å²) in [6, 6.07) is 7.71. The molecule has 176 valence electrons. The molecule has 6 nitrogen and oxygen atoms in total. The number of hydrogen-bond donors (Lipinski definition) is 1. The number of hydrogen-bond acceptors (Lipinski definition) is 5. The maximum atomic E-state index is 12.3. The first-order valence-corrected chi connectivity index (χ1v) is 11.0. The first kappa shape index (κ1) is 26.8. The molecule has 0 aliphatic heterocycles. The number of benzene rings is 1. The molecule has 1 rings (SSSR count). The maximum absolute atomic E-state index is 12.3. The molecule has 0 aliphatic carbocycles. The van der Waals surface area contributed by atoms with E-state index in [1.54, 1.807) is 0 Å². The molecule has 0 radical (unpaired) electrons. The van der Waals surface area contributed by atoms with Crippen molar-refractivity contribution in [3.63, 3.8) is 0 Å². The molecule has 1 amide bonds. The van der Waals surface area contributed by atoms with E-state index in [0.29, 0.717) is 25.7 Å². The van der Waals surface area contributed by atoms with Crippen LogP contribution >= 0.6 is 0 Å². The number of carbonyl (C=O) groups is 2. The van der Waals surface area contributed by atoms with Gasteiger partial charge in [-0.25, -0.2) is 4.79 Å². The van der Waals surface area contributed by atoms with Gasteiger partial charge in [-0.15, -0.1) is 0 Å². The second-order valence-electron chi connectivity index (χ2n) is 10.9. The number of rotatable bonds is 8. The second-order valence-corrected chi connectivity index (χ2v) is 10.9. The first-order valence-electron chi connectivity index (χ1n) is 11.0. The van der Waals surface area contributed by atoms with Gasteiger partial charge in [-0.3, -0.25) is 4.79 Å². The highest BCUT2D eigenvalue weighted by Crippen LogP contribution is 2.20. The minimum Gasteiger partial charge on any atom is -0.488 e. The normalized spacial score (nSPS) is 13.3. The van der Waals surface area contributed by atoms with E-state index in [2.05, 4.69) is 5.32 Å². The zero-order valence-electron chi connectivity index (χ0n) is 20.8. The van der Waals surface area contributed by atoms with E-state index in [9.17, 15) is 9.59 Å². The van der Waals surface area contributed by atoms with Crippen molar-refractivity contribution in [3.05, 3.63) is 29.8 Å². The molecule has 0 saturated carbocycles. The van der Waals surface area contributed by atoms with Crippen molar-refractivity contribution in [2.24, 2.45) is 0 Å². The van der Waals surface area contributed by atoms with E-state index in [1.807, 2.05) is 86.6 Å². The highest BCUT2D eigenvalue weighted by atomic mass is 16.6. The SMILES string of the molecule is CC(C)(C)OC(=O)CCC[C@@H](Cc1ccc(OC(C)(C)C)cc1)NC(=O)OC(C)(C)C. The standard InChI is InChI=1S/C25H41NO5/c1-23(2,3)29-20-15-13-18(14-16-20)17-19(26-22(28)31-25(7,8)9)11-10-12-21(27)30-24(4,5)6/h13-16,19H,10-12,17H2,1-9H3,(H,26,28)/t19-/m0/s1. The van der Waals surface area contributed by atoms with Gasteiger partial charge in [-0.05, 0) is 99.3 Å². The molecule has 1 aromatic carbocycles. The molecule has 1 N–H and O–H groups in total. The van der Waals surface area contributed by atoms with Crippen molar-refractivity contribution in [1.82, 2.24) is 5.32 Å². The van der Waals surface area contributed by atoms with Crippen LogP contribution in [0.2, 0.25) is 0 Å². The summed E-state index contributed by atoms with van der Waals surface area (Å²) in [5.74, 6) is 0.574. The fraction of sp³-hybridized carbons (Fsp3) is 0.680. The predicted octanol–water partition coefficient (Wildman–Crippen LogP) is 5.81. The van der Waals surface area contributed by atoms with E-state index in [1.165, 1.54) is 0 Å². The molecule has 31 heavy (non-hydrogen) atoms. The van der Waals surface area contributed by atoms with Crippen LogP contribution in [0.25, 0.3) is 0 Å². The Hall–Kier alpha value is -2.24. The molecule has 0 saturated heterocycles. The van der Waals surface area contributed by atoms with Gasteiger partial charge in [0.05, 0.1) is 0 Å². The largest absolute Gasteiger partial charge is 0.488 e. The summed E-state index contributed by atoms with van der Waals surface area (Å²) in [6.45, 7) is 17.1. The van der Waals surface area contributed by atoms with Crippen molar-refractivity contribution in [1.29, 1.82) is 0 Å². The van der Waals surface area contributed by atoms with Crippen molar-refractivity contribution >= 4 is 12.1 Å². The van der Waals surface area contributed by atoms with Gasteiger partial charge in [0, 0.05) is 12.5 Å². The molecule has 1 aromatic rings. The molecule has 0 aromatic heterocycles. The summed E-state index contributed by atoms with van der Waals surface area (Å²) in [6.07, 6.45) is 1.73. The summed E-state index contributed by atoms with van der Waals surface area (Å²) in [5, 5.41) is 2.95. The average Bonchev–Trinajstić information content (AvgIpc) is 2.51. The first-order chi connectivity index (χ1) is 14.0. The van der Waals surface area contributed by atoms with E-state index in [0.717, 1.165) is 11.3 Å². The smallest absolute Gasteiger partial charge is 0.407 e. The van der Waals surface area contributed by atoms with Crippen LogP contribution in [0.1, 0.15) is 87.1 Å². The van der Waals surface area contributed by atoms with Gasteiger partial charge >= 0.3 is 12.1 Å². The minimum absolute atomic E-state index is 0.160. The van der Waals surface area contributed by atoms with Crippen LogP contribution in [0.3, 0.4) is 0 Å². The number of ether oxygens (including phenoxy) is 3. The quantitative estimate of drug-likeness (QED) is 0.522. The fourth-order valence-corrected chi connectivity index (χ4v) is 2.92. The highest BCUT2D eigenvalue weighted by molar-refractivity contribution is 5.70. The third-order valence-corrected chi connectivity index (χ3v) is 3.90. The number of esters is 1. The van der Waals surface area contributed by atoms with Crippen molar-refractivity contribution in [2.45, 2.75) is 111 Å². The lowest BCUT2D eigenvalue weighted by Crippen LogP contribution is -2.40. The number of amides is 1. The van der Waals surface area contributed by atoms with Crippen molar-refractivity contribution in [2.75, 3.05) is 0 Å². The Morgan fingerprint density at radius 2 is 1.39 bits per heavy atom. The van der Waals surface area contributed by atoms with Gasteiger partial charge in [0.2, 0.25) is 0 Å². The average molecular weight is 436 g/mol. The fourth-order valence-electron chi connectivity index (χ4n) is 2.92. The predicted molar refractivity (Wildman–Crippen MR) is 123 cm³/mol. The lowest BCUT2D eigenvalue weighted by atomic mass is 10.0. The van der Waals surface area contributed by atoms with E-state index >= 15 is 0 Å². The molecule has 0 unspecified atom stereocenters. The Morgan fingerprint density at radius 3 is 1.87 bits per heavy atom. The molecule has 0 fully saturated rings. The lowest BCUT2D eigenvalue weighted by molar-refractivity contribution is -0.154. The Morgan fingerprint density at radius 1 is 0.839 bits per heavy atom. The third kappa shape index (κ3) is 13.6. The van der Waals surface area contributed by atoms with Crippen molar-refractivity contribution in [3.8, 4) is 5.75 Å².